The van der Waals surface area contributed by atoms with Crippen molar-refractivity contribution >= 4 is 0 Å². The fourth-order valence-electron chi connectivity index (χ4n) is 3.49. The van der Waals surface area contributed by atoms with Gasteiger partial charge >= 0.3 is 0 Å². The van der Waals surface area contributed by atoms with E-state index >= 15 is 0 Å². The monoisotopic (exact) mass is 270 g/mol. The van der Waals surface area contributed by atoms with Gasteiger partial charge in [-0.2, -0.15) is 0 Å². The Kier molecular flexibility index (Phi) is 7.33. The van der Waals surface area contributed by atoms with Gasteiger partial charge in [0, 0.05) is 18.6 Å². The van der Waals surface area contributed by atoms with E-state index in [-0.39, 0.29) is 5.54 Å². The minimum Gasteiger partial charge on any atom is -0.377 e. The van der Waals surface area contributed by atoms with Crippen molar-refractivity contribution in [2.75, 3.05) is 26.2 Å². The SMILES string of the molecule is CCCN(CCOC(C)C)C1(CN)CCCC(C)C1. The fourth-order valence-corrected chi connectivity index (χ4v) is 3.49. The third kappa shape index (κ3) is 5.05. The van der Waals surface area contributed by atoms with Crippen molar-refractivity contribution in [1.29, 1.82) is 0 Å². The van der Waals surface area contributed by atoms with Crippen LogP contribution < -0.4 is 5.73 Å². The van der Waals surface area contributed by atoms with Gasteiger partial charge in [-0.25, -0.2) is 0 Å². The maximum Gasteiger partial charge on any atom is 0.0597 e. The molecule has 3 heteroatoms. The first-order valence-electron chi connectivity index (χ1n) is 8.11. The molecule has 0 aromatic carbocycles. The summed E-state index contributed by atoms with van der Waals surface area (Å²) < 4.78 is 5.74. The van der Waals surface area contributed by atoms with Crippen molar-refractivity contribution < 1.29 is 4.74 Å². The van der Waals surface area contributed by atoms with E-state index in [2.05, 4.69) is 32.6 Å². The zero-order valence-electron chi connectivity index (χ0n) is 13.5. The van der Waals surface area contributed by atoms with Gasteiger partial charge in [-0.05, 0) is 45.6 Å². The van der Waals surface area contributed by atoms with Crippen LogP contribution in [0.3, 0.4) is 0 Å². The third-order valence-corrected chi connectivity index (χ3v) is 4.42. The molecule has 3 nitrogen and oxygen atoms in total. The summed E-state index contributed by atoms with van der Waals surface area (Å²) in [6.45, 7) is 12.6. The molecule has 1 aliphatic carbocycles. The first-order chi connectivity index (χ1) is 9.04. The van der Waals surface area contributed by atoms with Crippen molar-refractivity contribution in [2.45, 2.75) is 71.4 Å². The second-order valence-corrected chi connectivity index (χ2v) is 6.54. The van der Waals surface area contributed by atoms with Crippen LogP contribution in [0.1, 0.15) is 59.8 Å². The molecule has 2 unspecified atom stereocenters. The zero-order valence-corrected chi connectivity index (χ0v) is 13.5. The maximum absolute atomic E-state index is 6.18. The van der Waals surface area contributed by atoms with Crippen LogP contribution in [0.5, 0.6) is 0 Å². The highest BCUT2D eigenvalue weighted by molar-refractivity contribution is 4.95. The number of ether oxygens (including phenoxy) is 1. The molecule has 0 amide bonds. The third-order valence-electron chi connectivity index (χ3n) is 4.42. The van der Waals surface area contributed by atoms with Crippen LogP contribution in [0.25, 0.3) is 0 Å². The molecule has 2 atom stereocenters. The Labute approximate surface area is 119 Å². The van der Waals surface area contributed by atoms with Crippen LogP contribution in [0.15, 0.2) is 0 Å². The van der Waals surface area contributed by atoms with E-state index in [1.807, 2.05) is 0 Å². The Morgan fingerprint density at radius 3 is 2.63 bits per heavy atom. The molecule has 114 valence electrons. The maximum atomic E-state index is 6.18. The topological polar surface area (TPSA) is 38.5 Å². The summed E-state index contributed by atoms with van der Waals surface area (Å²) in [6, 6.07) is 0. The van der Waals surface area contributed by atoms with E-state index in [0.29, 0.717) is 6.10 Å². The Hall–Kier alpha value is -0.120. The molecule has 0 heterocycles. The highest BCUT2D eigenvalue weighted by atomic mass is 16.5. The number of hydrogen-bond acceptors (Lipinski definition) is 3. The molecule has 1 saturated carbocycles. The van der Waals surface area contributed by atoms with Crippen molar-refractivity contribution in [1.82, 2.24) is 4.90 Å². The lowest BCUT2D eigenvalue weighted by Gasteiger charge is -2.48. The molecule has 0 saturated heterocycles. The van der Waals surface area contributed by atoms with Crippen molar-refractivity contribution in [3.8, 4) is 0 Å². The first kappa shape index (κ1) is 16.9. The first-order valence-corrected chi connectivity index (χ1v) is 8.11. The van der Waals surface area contributed by atoms with Crippen LogP contribution in [-0.2, 0) is 4.74 Å². The second kappa shape index (κ2) is 8.23. The molecule has 1 fully saturated rings. The predicted octanol–water partition coefficient (Wildman–Crippen LogP) is 3.03. The molecule has 0 aromatic heterocycles. The molecular weight excluding hydrogens is 236 g/mol. The number of hydrogen-bond donors (Lipinski definition) is 1. The lowest BCUT2D eigenvalue weighted by atomic mass is 9.75. The highest BCUT2D eigenvalue weighted by Gasteiger charge is 2.38. The van der Waals surface area contributed by atoms with Gasteiger partial charge in [-0.1, -0.05) is 26.7 Å². The van der Waals surface area contributed by atoms with E-state index in [0.717, 1.165) is 32.2 Å². The van der Waals surface area contributed by atoms with Gasteiger partial charge in [-0.3, -0.25) is 4.90 Å². The van der Waals surface area contributed by atoms with E-state index < -0.39 is 0 Å². The van der Waals surface area contributed by atoms with Crippen LogP contribution in [0.2, 0.25) is 0 Å². The van der Waals surface area contributed by atoms with Crippen molar-refractivity contribution in [2.24, 2.45) is 11.7 Å². The average Bonchev–Trinajstić information content (AvgIpc) is 2.37. The van der Waals surface area contributed by atoms with Gasteiger partial charge in [0.1, 0.15) is 0 Å². The van der Waals surface area contributed by atoms with Gasteiger partial charge in [0.05, 0.1) is 12.7 Å². The smallest absolute Gasteiger partial charge is 0.0597 e. The average molecular weight is 270 g/mol. The van der Waals surface area contributed by atoms with Crippen molar-refractivity contribution in [3.63, 3.8) is 0 Å². The lowest BCUT2D eigenvalue weighted by molar-refractivity contribution is -0.00137. The van der Waals surface area contributed by atoms with Crippen LogP contribution >= 0.6 is 0 Å². The van der Waals surface area contributed by atoms with E-state index in [4.69, 9.17) is 10.5 Å². The molecule has 1 aliphatic rings. The summed E-state index contributed by atoms with van der Waals surface area (Å²) in [5.41, 5.74) is 6.41. The number of nitrogens with two attached hydrogens (primary N) is 1. The summed E-state index contributed by atoms with van der Waals surface area (Å²) >= 11 is 0. The van der Waals surface area contributed by atoms with Crippen LogP contribution in [0, 0.1) is 5.92 Å². The molecule has 1 rings (SSSR count). The Bertz CT molecular complexity index is 245. The molecule has 0 spiro atoms. The lowest BCUT2D eigenvalue weighted by Crippen LogP contribution is -2.57. The van der Waals surface area contributed by atoms with Gasteiger partial charge < -0.3 is 10.5 Å². The Balaban J connectivity index is 2.64. The molecular formula is C16H34N2O. The van der Waals surface area contributed by atoms with E-state index in [9.17, 15) is 0 Å². The van der Waals surface area contributed by atoms with Gasteiger partial charge in [0.2, 0.25) is 0 Å². The Morgan fingerprint density at radius 2 is 2.11 bits per heavy atom. The van der Waals surface area contributed by atoms with Gasteiger partial charge in [0.25, 0.3) is 0 Å². The normalized spacial score (nSPS) is 28.3. The zero-order chi connectivity index (χ0) is 14.3. The van der Waals surface area contributed by atoms with Gasteiger partial charge in [-0.15, -0.1) is 0 Å². The standard InChI is InChI=1S/C16H34N2O/c1-5-9-18(10-11-19-14(2)3)16(13-17)8-6-7-15(4)12-16/h14-15H,5-13,17H2,1-4H3. The molecule has 0 bridgehead atoms. The largest absolute Gasteiger partial charge is 0.377 e. The van der Waals surface area contributed by atoms with E-state index in [1.54, 1.807) is 0 Å². The summed E-state index contributed by atoms with van der Waals surface area (Å²) in [5.74, 6) is 0.808. The summed E-state index contributed by atoms with van der Waals surface area (Å²) in [5, 5.41) is 0. The molecule has 0 radical (unpaired) electrons. The second-order valence-electron chi connectivity index (χ2n) is 6.54. The summed E-state index contributed by atoms with van der Waals surface area (Å²) in [7, 11) is 0. The molecule has 0 aromatic rings. The minimum atomic E-state index is 0.230. The summed E-state index contributed by atoms with van der Waals surface area (Å²) in [6.07, 6.45) is 6.72. The molecule has 0 aliphatic heterocycles. The number of nitrogens with zero attached hydrogens (tertiary/aromatic N) is 1. The Morgan fingerprint density at radius 1 is 1.37 bits per heavy atom. The quantitative estimate of drug-likeness (QED) is 0.737. The molecule has 19 heavy (non-hydrogen) atoms. The van der Waals surface area contributed by atoms with Crippen molar-refractivity contribution in [3.05, 3.63) is 0 Å². The fraction of sp³-hybridized carbons (Fsp3) is 1.00. The van der Waals surface area contributed by atoms with Gasteiger partial charge in [0.15, 0.2) is 0 Å². The van der Waals surface area contributed by atoms with Crippen LogP contribution in [-0.4, -0.2) is 42.8 Å². The predicted molar refractivity (Wildman–Crippen MR) is 82.4 cm³/mol. The molecule has 2 N–H and O–H groups in total. The highest BCUT2D eigenvalue weighted by Crippen LogP contribution is 2.36. The minimum absolute atomic E-state index is 0.230. The van der Waals surface area contributed by atoms with E-state index in [1.165, 1.54) is 32.1 Å². The summed E-state index contributed by atoms with van der Waals surface area (Å²) in [4.78, 5) is 2.62. The van der Waals surface area contributed by atoms with Crippen LogP contribution in [0.4, 0.5) is 0 Å². The number of rotatable bonds is 8.